The topological polar surface area (TPSA) is 0 Å². The Morgan fingerprint density at radius 1 is 1.00 bits per heavy atom. The van der Waals surface area contributed by atoms with Gasteiger partial charge in [-0.05, 0) is 12.8 Å². The van der Waals surface area contributed by atoms with Crippen molar-refractivity contribution in [3.8, 4) is 0 Å². The van der Waals surface area contributed by atoms with E-state index in [1.54, 1.807) is 0 Å². The van der Waals surface area contributed by atoms with Gasteiger partial charge in [0, 0.05) is 6.42 Å². The van der Waals surface area contributed by atoms with Gasteiger partial charge >= 0.3 is 0 Å². The van der Waals surface area contributed by atoms with Gasteiger partial charge in [0.1, 0.15) is 0 Å². The highest BCUT2D eigenvalue weighted by Gasteiger charge is 1.69. The molecule has 0 fully saturated rings. The molecule has 0 nitrogen and oxygen atoms in total. The fraction of sp³-hybridized carbons (Fsp3) is 0.444. The van der Waals surface area contributed by atoms with Crippen LogP contribution in [-0.2, 0) is 0 Å². The smallest absolute Gasteiger partial charge is 0.0337 e. The van der Waals surface area contributed by atoms with E-state index in [0.29, 0.717) is 0 Å². The average molecular weight is 122 g/mol. The summed E-state index contributed by atoms with van der Waals surface area (Å²) in [5, 5.41) is 0. The minimum absolute atomic E-state index is 1.09. The van der Waals surface area contributed by atoms with Crippen LogP contribution in [0.3, 0.4) is 0 Å². The van der Waals surface area contributed by atoms with Gasteiger partial charge in [-0.25, -0.2) is 0 Å². The second-order valence-corrected chi connectivity index (χ2v) is 1.79. The van der Waals surface area contributed by atoms with Crippen molar-refractivity contribution in [3.63, 3.8) is 0 Å². The number of rotatable bonds is 4. The molecule has 0 N–H and O–H groups in total. The third kappa shape index (κ3) is 7.48. The molecule has 0 aliphatic carbocycles. The minimum Gasteiger partial charge on any atom is -0.0879 e. The summed E-state index contributed by atoms with van der Waals surface area (Å²) in [5.41, 5.74) is 0. The first-order valence-electron chi connectivity index (χ1n) is 3.47. The van der Waals surface area contributed by atoms with E-state index in [9.17, 15) is 0 Å². The number of allylic oxidation sites excluding steroid dienone is 4. The molecule has 50 valence electrons. The molecular weight excluding hydrogens is 108 g/mol. The molecule has 0 unspecified atom stereocenters. The number of hydrogen-bond acceptors (Lipinski definition) is 0. The van der Waals surface area contributed by atoms with Gasteiger partial charge in [-0.1, -0.05) is 38.2 Å². The molecule has 0 heterocycles. The summed E-state index contributed by atoms with van der Waals surface area (Å²) < 4.78 is 0. The zero-order chi connectivity index (χ0) is 6.95. The minimum atomic E-state index is 1.09. The van der Waals surface area contributed by atoms with Crippen LogP contribution in [0.1, 0.15) is 26.7 Å². The lowest BCUT2D eigenvalue weighted by Gasteiger charge is -1.78. The molecule has 2 radical (unpaired) electrons. The van der Waals surface area contributed by atoms with Crippen molar-refractivity contribution in [1.29, 1.82) is 0 Å². The lowest BCUT2D eigenvalue weighted by molar-refractivity contribution is 1.21. The maximum atomic E-state index is 3.03. The first-order chi connectivity index (χ1) is 4.41. The Morgan fingerprint density at radius 2 is 1.44 bits per heavy atom. The molecule has 0 spiro atoms. The fourth-order valence-corrected chi connectivity index (χ4v) is 0.427. The van der Waals surface area contributed by atoms with Crippen LogP contribution in [-0.4, -0.2) is 0 Å². The zero-order valence-corrected chi connectivity index (χ0v) is 6.22. The Balaban J connectivity index is 3.08. The summed E-state index contributed by atoms with van der Waals surface area (Å²) in [5.74, 6) is 0. The van der Waals surface area contributed by atoms with Crippen LogP contribution < -0.4 is 0 Å². The van der Waals surface area contributed by atoms with E-state index in [1.807, 2.05) is 12.2 Å². The van der Waals surface area contributed by atoms with E-state index >= 15 is 0 Å². The maximum absolute atomic E-state index is 3.03. The Labute approximate surface area is 58.3 Å². The Bertz CT molecular complexity index is 76.2. The molecule has 0 aliphatic heterocycles. The summed E-state index contributed by atoms with van der Waals surface area (Å²) in [4.78, 5) is 0. The van der Waals surface area contributed by atoms with Gasteiger partial charge in [-0.2, -0.15) is 0 Å². The van der Waals surface area contributed by atoms with Crippen LogP contribution in [0.2, 0.25) is 0 Å². The summed E-state index contributed by atoms with van der Waals surface area (Å²) in [6, 6.07) is 0. The van der Waals surface area contributed by atoms with Gasteiger partial charge in [0.15, 0.2) is 0 Å². The van der Waals surface area contributed by atoms with Crippen molar-refractivity contribution in [2.24, 2.45) is 0 Å². The molecule has 0 aromatic rings. The van der Waals surface area contributed by atoms with Crippen LogP contribution in [0.15, 0.2) is 24.3 Å². The summed E-state index contributed by atoms with van der Waals surface area (Å²) in [6.45, 7) is 4.23. The number of hydrogen-bond donors (Lipinski definition) is 0. The van der Waals surface area contributed by atoms with E-state index in [4.69, 9.17) is 0 Å². The van der Waals surface area contributed by atoms with Crippen molar-refractivity contribution >= 4 is 0 Å². The van der Waals surface area contributed by atoms with E-state index in [1.165, 1.54) is 0 Å². The molecule has 0 saturated carbocycles. The molecule has 0 aliphatic rings. The first-order valence-corrected chi connectivity index (χ1v) is 3.47. The predicted octanol–water partition coefficient (Wildman–Crippen LogP) is 3.00. The quantitative estimate of drug-likeness (QED) is 0.537. The van der Waals surface area contributed by atoms with E-state index in [2.05, 4.69) is 32.4 Å². The normalized spacial score (nSPS) is 11.8. The molecule has 0 atom stereocenters. The van der Waals surface area contributed by atoms with Gasteiger partial charge < -0.3 is 0 Å². The van der Waals surface area contributed by atoms with Crippen molar-refractivity contribution in [2.75, 3.05) is 0 Å². The lowest BCUT2D eigenvalue weighted by Crippen LogP contribution is -1.60. The molecule has 0 aromatic heterocycles. The summed E-state index contributed by atoms with van der Waals surface area (Å²) in [7, 11) is 0. The Hall–Kier alpha value is -0.520. The third-order valence-corrected chi connectivity index (χ3v) is 0.900. The van der Waals surface area contributed by atoms with Gasteiger partial charge in [-0.15, -0.1) is 0 Å². The molecule has 9 heavy (non-hydrogen) atoms. The van der Waals surface area contributed by atoms with Gasteiger partial charge in [0.25, 0.3) is 0 Å². The molecule has 0 heteroatoms. The van der Waals surface area contributed by atoms with E-state index < -0.39 is 0 Å². The second-order valence-electron chi connectivity index (χ2n) is 1.79. The fourth-order valence-electron chi connectivity index (χ4n) is 0.427. The highest BCUT2D eigenvalue weighted by Crippen LogP contribution is 1.87. The monoisotopic (exact) mass is 122 g/mol. The van der Waals surface area contributed by atoms with E-state index in [-0.39, 0.29) is 0 Å². The second kappa shape index (κ2) is 7.48. The molecule has 0 bridgehead atoms. The van der Waals surface area contributed by atoms with Crippen LogP contribution in [0.4, 0.5) is 0 Å². The maximum Gasteiger partial charge on any atom is 0.0337 e. The largest absolute Gasteiger partial charge is 0.0879 e. The highest BCUT2D eigenvalue weighted by atomic mass is 13.7. The van der Waals surface area contributed by atoms with Crippen molar-refractivity contribution in [3.05, 3.63) is 30.7 Å². The molecular formula is C9H14. The van der Waals surface area contributed by atoms with Gasteiger partial charge in [-0.3, -0.25) is 0 Å². The molecule has 0 amide bonds. The van der Waals surface area contributed by atoms with Crippen LogP contribution >= 0.6 is 0 Å². The van der Waals surface area contributed by atoms with E-state index in [0.717, 1.165) is 12.8 Å². The van der Waals surface area contributed by atoms with Gasteiger partial charge in [0.05, 0.1) is 0 Å². The zero-order valence-electron chi connectivity index (χ0n) is 6.22. The average Bonchev–Trinajstić information content (AvgIpc) is 1.89. The molecule has 0 aromatic carbocycles. The molecule has 0 rings (SSSR count). The third-order valence-electron chi connectivity index (χ3n) is 0.900. The Kier molecular flexibility index (Phi) is 7.05. The van der Waals surface area contributed by atoms with Crippen LogP contribution in [0, 0.1) is 6.42 Å². The standard InChI is InChI=1S/C9H14/c1-3-5-7-9-8-6-4-2/h5-8H,3-4H2,1-2H3/b7-5+,8-6+. The van der Waals surface area contributed by atoms with Crippen molar-refractivity contribution in [1.82, 2.24) is 0 Å². The van der Waals surface area contributed by atoms with Crippen molar-refractivity contribution in [2.45, 2.75) is 26.7 Å². The Morgan fingerprint density at radius 3 is 1.78 bits per heavy atom. The van der Waals surface area contributed by atoms with Gasteiger partial charge in [0.2, 0.25) is 0 Å². The molecule has 0 saturated heterocycles. The summed E-state index contributed by atoms with van der Waals surface area (Å²) >= 11 is 0. The van der Waals surface area contributed by atoms with Crippen molar-refractivity contribution < 1.29 is 0 Å². The van der Waals surface area contributed by atoms with Crippen LogP contribution in [0.25, 0.3) is 0 Å². The predicted molar refractivity (Wildman–Crippen MR) is 42.1 cm³/mol. The van der Waals surface area contributed by atoms with Crippen LogP contribution in [0.5, 0.6) is 0 Å². The first kappa shape index (κ1) is 8.48. The summed E-state index contributed by atoms with van der Waals surface area (Å²) in [6.07, 6.45) is 13.3. The highest BCUT2D eigenvalue weighted by molar-refractivity contribution is 5.07. The lowest BCUT2D eigenvalue weighted by atomic mass is 10.3. The SMILES string of the molecule is CC/C=C/[C]/C=C/CC.